The number of nitrogens with zero attached hydrogens (tertiary/aromatic N) is 3. The summed E-state index contributed by atoms with van der Waals surface area (Å²) in [5.74, 6) is 0.822. The zero-order chi connectivity index (χ0) is 20.6. The highest BCUT2D eigenvalue weighted by Gasteiger charge is 2.07. The van der Waals surface area contributed by atoms with Crippen molar-refractivity contribution in [1.29, 1.82) is 0 Å². The van der Waals surface area contributed by atoms with Crippen LogP contribution in [-0.2, 0) is 18.1 Å². The molecule has 4 rings (SSSR count). The monoisotopic (exact) mass is 403 g/mol. The number of benzene rings is 2. The first kappa shape index (κ1) is 19.3. The molecule has 0 amide bonds. The molecule has 0 aliphatic rings. The van der Waals surface area contributed by atoms with E-state index < -0.39 is 0 Å². The van der Waals surface area contributed by atoms with Gasteiger partial charge in [-0.1, -0.05) is 17.3 Å². The minimum absolute atomic E-state index is 0.152. The molecule has 0 radical (unpaired) electrons. The van der Waals surface area contributed by atoms with Crippen LogP contribution in [0.1, 0.15) is 16.8 Å². The zero-order valence-corrected chi connectivity index (χ0v) is 15.9. The molecule has 0 N–H and O–H groups in total. The van der Waals surface area contributed by atoms with Gasteiger partial charge < -0.3 is 14.0 Å². The van der Waals surface area contributed by atoms with Gasteiger partial charge in [-0.05, 0) is 59.7 Å². The summed E-state index contributed by atoms with van der Waals surface area (Å²) >= 11 is 0. The van der Waals surface area contributed by atoms with E-state index in [-0.39, 0.29) is 12.4 Å². The first-order chi connectivity index (χ1) is 14.8. The van der Waals surface area contributed by atoms with Gasteiger partial charge in [0.15, 0.2) is 6.61 Å². The van der Waals surface area contributed by atoms with Crippen LogP contribution in [0.2, 0.25) is 0 Å². The number of hydrogen-bond acceptors (Lipinski definition) is 6. The van der Waals surface area contributed by atoms with E-state index in [0.717, 1.165) is 16.9 Å². The number of oxazole rings is 1. The molecular weight excluding hydrogens is 385 g/mol. The molecular formula is C23H18FN3O3. The highest BCUT2D eigenvalue weighted by Crippen LogP contribution is 2.19. The van der Waals surface area contributed by atoms with Gasteiger partial charge in [0.25, 0.3) is 0 Å². The molecule has 2 aromatic heterocycles. The van der Waals surface area contributed by atoms with Gasteiger partial charge in [-0.3, -0.25) is 4.98 Å². The number of rotatable bonds is 8. The highest BCUT2D eigenvalue weighted by atomic mass is 19.1. The summed E-state index contributed by atoms with van der Waals surface area (Å²) in [5.41, 5.74) is 3.16. The first-order valence-corrected chi connectivity index (χ1v) is 9.24. The van der Waals surface area contributed by atoms with Crippen LogP contribution < -0.4 is 4.74 Å². The van der Waals surface area contributed by atoms with Crippen LogP contribution in [0.3, 0.4) is 0 Å². The summed E-state index contributed by atoms with van der Waals surface area (Å²) < 4.78 is 24.2. The van der Waals surface area contributed by atoms with Gasteiger partial charge in [-0.15, -0.1) is 0 Å². The summed E-state index contributed by atoms with van der Waals surface area (Å²) in [6, 6.07) is 17.3. The molecule has 0 aliphatic carbocycles. The second-order valence-electron chi connectivity index (χ2n) is 6.38. The van der Waals surface area contributed by atoms with E-state index in [1.165, 1.54) is 18.4 Å². The molecule has 0 atom stereocenters. The fourth-order valence-electron chi connectivity index (χ4n) is 2.63. The lowest BCUT2D eigenvalue weighted by atomic mass is 10.2. The molecule has 150 valence electrons. The number of pyridine rings is 1. The fourth-order valence-corrected chi connectivity index (χ4v) is 2.63. The molecule has 0 bridgehead atoms. The molecule has 0 spiro atoms. The van der Waals surface area contributed by atoms with E-state index in [1.807, 2.05) is 36.4 Å². The third-order valence-electron chi connectivity index (χ3n) is 4.14. The second-order valence-corrected chi connectivity index (χ2v) is 6.38. The van der Waals surface area contributed by atoms with Crippen molar-refractivity contribution in [3.05, 3.63) is 102 Å². The summed E-state index contributed by atoms with van der Waals surface area (Å²) in [4.78, 5) is 13.6. The van der Waals surface area contributed by atoms with Crippen LogP contribution in [0.15, 0.2) is 88.9 Å². The Balaban J connectivity index is 1.29. The standard InChI is InChI=1S/C23H18FN3O3/c24-20-6-4-19(5-7-20)23-27-21(15-29-23)16-30-26-13-18-2-1-3-22(12-18)28-14-17-8-10-25-11-9-17/h1-13,15H,14,16H2/b26-13+. The van der Waals surface area contributed by atoms with E-state index in [2.05, 4.69) is 15.1 Å². The Morgan fingerprint density at radius 2 is 1.83 bits per heavy atom. The van der Waals surface area contributed by atoms with E-state index in [9.17, 15) is 4.39 Å². The molecule has 7 heteroatoms. The minimum atomic E-state index is -0.310. The Morgan fingerprint density at radius 1 is 1.00 bits per heavy atom. The van der Waals surface area contributed by atoms with Crippen molar-refractivity contribution < 1.29 is 18.4 Å². The average Bonchev–Trinajstić information content (AvgIpc) is 3.26. The maximum atomic E-state index is 13.0. The van der Waals surface area contributed by atoms with Crippen molar-refractivity contribution in [2.45, 2.75) is 13.2 Å². The zero-order valence-electron chi connectivity index (χ0n) is 15.9. The normalized spacial score (nSPS) is 11.0. The summed E-state index contributed by atoms with van der Waals surface area (Å²) in [7, 11) is 0. The van der Waals surface area contributed by atoms with Gasteiger partial charge in [0.05, 0.1) is 6.21 Å². The quantitative estimate of drug-likeness (QED) is 0.306. The lowest BCUT2D eigenvalue weighted by molar-refractivity contribution is 0.129. The average molecular weight is 403 g/mol. The van der Waals surface area contributed by atoms with Crippen molar-refractivity contribution in [3.63, 3.8) is 0 Å². The molecule has 0 fully saturated rings. The molecule has 0 unspecified atom stereocenters. The van der Waals surface area contributed by atoms with Crippen molar-refractivity contribution in [1.82, 2.24) is 9.97 Å². The van der Waals surface area contributed by atoms with Gasteiger partial charge >= 0.3 is 0 Å². The molecule has 6 nitrogen and oxygen atoms in total. The van der Waals surface area contributed by atoms with Crippen LogP contribution in [0.5, 0.6) is 5.75 Å². The van der Waals surface area contributed by atoms with Gasteiger partial charge in [0.2, 0.25) is 5.89 Å². The Bertz CT molecular complexity index is 1110. The lowest BCUT2D eigenvalue weighted by Crippen LogP contribution is -1.96. The number of ether oxygens (including phenoxy) is 1. The van der Waals surface area contributed by atoms with Gasteiger partial charge in [0, 0.05) is 18.0 Å². The predicted octanol–water partition coefficient (Wildman–Crippen LogP) is 5.01. The van der Waals surface area contributed by atoms with Crippen LogP contribution >= 0.6 is 0 Å². The topological polar surface area (TPSA) is 69.7 Å². The smallest absolute Gasteiger partial charge is 0.226 e. The minimum Gasteiger partial charge on any atom is -0.489 e. The molecule has 2 heterocycles. The van der Waals surface area contributed by atoms with Gasteiger partial charge in [-0.2, -0.15) is 0 Å². The van der Waals surface area contributed by atoms with Crippen LogP contribution in [0, 0.1) is 5.82 Å². The van der Waals surface area contributed by atoms with Gasteiger partial charge in [-0.25, -0.2) is 9.37 Å². The Morgan fingerprint density at radius 3 is 2.67 bits per heavy atom. The molecule has 0 aliphatic heterocycles. The summed E-state index contributed by atoms with van der Waals surface area (Å²) in [6.07, 6.45) is 6.55. The van der Waals surface area contributed by atoms with Crippen LogP contribution in [0.4, 0.5) is 4.39 Å². The van der Waals surface area contributed by atoms with Crippen LogP contribution in [0.25, 0.3) is 11.5 Å². The SMILES string of the molecule is Fc1ccc(-c2nc(CO/N=C/c3cccc(OCc4ccncc4)c3)co2)cc1. The molecule has 0 saturated carbocycles. The van der Waals surface area contributed by atoms with E-state index in [4.69, 9.17) is 14.0 Å². The maximum absolute atomic E-state index is 13.0. The van der Waals surface area contributed by atoms with Crippen molar-refractivity contribution in [2.75, 3.05) is 0 Å². The second kappa shape index (κ2) is 9.47. The number of hydrogen-bond donors (Lipinski definition) is 0. The van der Waals surface area contributed by atoms with Crippen molar-refractivity contribution >= 4 is 6.21 Å². The Hall–Kier alpha value is -4.00. The molecule has 30 heavy (non-hydrogen) atoms. The third-order valence-corrected chi connectivity index (χ3v) is 4.14. The molecule has 4 aromatic rings. The van der Waals surface area contributed by atoms with Crippen molar-refractivity contribution in [3.8, 4) is 17.2 Å². The molecule has 2 aromatic carbocycles. The highest BCUT2D eigenvalue weighted by molar-refractivity contribution is 5.79. The summed E-state index contributed by atoms with van der Waals surface area (Å²) in [6.45, 7) is 0.613. The first-order valence-electron chi connectivity index (χ1n) is 9.24. The van der Waals surface area contributed by atoms with Crippen LogP contribution in [-0.4, -0.2) is 16.2 Å². The summed E-state index contributed by atoms with van der Waals surface area (Å²) in [5, 5.41) is 3.97. The largest absolute Gasteiger partial charge is 0.489 e. The van der Waals surface area contributed by atoms with Gasteiger partial charge in [0.1, 0.15) is 30.1 Å². The lowest BCUT2D eigenvalue weighted by Gasteiger charge is -2.06. The fraction of sp³-hybridized carbons (Fsp3) is 0.0870. The Labute approximate surface area is 172 Å². The van der Waals surface area contributed by atoms with E-state index in [0.29, 0.717) is 23.8 Å². The number of aromatic nitrogens is 2. The Kier molecular flexibility index (Phi) is 6.10. The predicted molar refractivity (Wildman–Crippen MR) is 109 cm³/mol. The van der Waals surface area contributed by atoms with Crippen molar-refractivity contribution in [2.24, 2.45) is 5.16 Å². The van der Waals surface area contributed by atoms with E-state index in [1.54, 1.807) is 30.7 Å². The van der Waals surface area contributed by atoms with E-state index >= 15 is 0 Å². The number of oxime groups is 1. The number of halogens is 1. The molecule has 0 saturated heterocycles. The third kappa shape index (κ3) is 5.29. The maximum Gasteiger partial charge on any atom is 0.226 e.